The summed E-state index contributed by atoms with van der Waals surface area (Å²) in [6, 6.07) is 11.2. The summed E-state index contributed by atoms with van der Waals surface area (Å²) in [5.41, 5.74) is 4.90. The van der Waals surface area contributed by atoms with E-state index in [0.29, 0.717) is 17.6 Å². The molecule has 0 aliphatic carbocycles. The lowest BCUT2D eigenvalue weighted by molar-refractivity contribution is 0.102. The molecule has 1 amide bonds. The number of anilines is 1. The van der Waals surface area contributed by atoms with Gasteiger partial charge in [-0.1, -0.05) is 12.1 Å². The Labute approximate surface area is 134 Å². The fraction of sp³-hybridized carbons (Fsp3) is 0.222. The van der Waals surface area contributed by atoms with E-state index in [9.17, 15) is 4.79 Å². The SMILES string of the molecule is Cc1cc(C)n2ccc(C(=O)Nc3ccc(CCO)cc3)c2n1. The highest BCUT2D eigenvalue weighted by Gasteiger charge is 2.14. The number of carbonyl (C=O) groups is 1. The minimum absolute atomic E-state index is 0.118. The highest BCUT2D eigenvalue weighted by atomic mass is 16.3. The molecule has 3 rings (SSSR count). The molecule has 3 aromatic rings. The third kappa shape index (κ3) is 3.10. The quantitative estimate of drug-likeness (QED) is 0.779. The van der Waals surface area contributed by atoms with Crippen LogP contribution in [0.4, 0.5) is 5.69 Å². The number of benzene rings is 1. The summed E-state index contributed by atoms with van der Waals surface area (Å²) >= 11 is 0. The van der Waals surface area contributed by atoms with Crippen LogP contribution in [-0.4, -0.2) is 27.0 Å². The fourth-order valence-corrected chi connectivity index (χ4v) is 2.65. The molecule has 0 unspecified atom stereocenters. The number of hydrogen-bond donors (Lipinski definition) is 2. The van der Waals surface area contributed by atoms with Crippen LogP contribution in [0.15, 0.2) is 42.6 Å². The van der Waals surface area contributed by atoms with Gasteiger partial charge in [0.2, 0.25) is 0 Å². The summed E-state index contributed by atoms with van der Waals surface area (Å²) in [4.78, 5) is 17.0. The van der Waals surface area contributed by atoms with Crippen LogP contribution in [0.3, 0.4) is 0 Å². The summed E-state index contributed by atoms with van der Waals surface area (Å²) in [5, 5.41) is 11.8. The van der Waals surface area contributed by atoms with Crippen molar-refractivity contribution >= 4 is 17.2 Å². The Bertz CT molecular complexity index is 851. The molecule has 0 saturated heterocycles. The van der Waals surface area contributed by atoms with Crippen LogP contribution in [0.2, 0.25) is 0 Å². The monoisotopic (exact) mass is 309 g/mol. The van der Waals surface area contributed by atoms with E-state index in [4.69, 9.17) is 5.11 Å². The molecule has 0 saturated carbocycles. The Morgan fingerprint density at radius 2 is 1.96 bits per heavy atom. The fourth-order valence-electron chi connectivity index (χ4n) is 2.65. The van der Waals surface area contributed by atoms with Crippen LogP contribution in [-0.2, 0) is 6.42 Å². The van der Waals surface area contributed by atoms with E-state index in [0.717, 1.165) is 22.6 Å². The number of fused-ring (bicyclic) bond motifs is 1. The Morgan fingerprint density at radius 1 is 1.22 bits per heavy atom. The predicted octanol–water partition coefficient (Wildman–Crippen LogP) is 2.74. The smallest absolute Gasteiger partial charge is 0.259 e. The van der Waals surface area contributed by atoms with Crippen LogP contribution < -0.4 is 5.32 Å². The number of hydrogen-bond acceptors (Lipinski definition) is 3. The highest BCUT2D eigenvalue weighted by molar-refractivity contribution is 6.08. The predicted molar refractivity (Wildman–Crippen MR) is 89.9 cm³/mol. The molecule has 0 aliphatic heterocycles. The first-order valence-electron chi connectivity index (χ1n) is 7.55. The largest absolute Gasteiger partial charge is 0.396 e. The van der Waals surface area contributed by atoms with Gasteiger partial charge in [-0.2, -0.15) is 0 Å². The van der Waals surface area contributed by atoms with Crippen molar-refractivity contribution in [1.29, 1.82) is 0 Å². The minimum atomic E-state index is -0.181. The lowest BCUT2D eigenvalue weighted by Gasteiger charge is -2.07. The van der Waals surface area contributed by atoms with Crippen LogP contribution in [0, 0.1) is 13.8 Å². The molecular formula is C18H19N3O2. The Hall–Kier alpha value is -2.66. The molecule has 2 heterocycles. The Morgan fingerprint density at radius 3 is 2.65 bits per heavy atom. The van der Waals surface area contributed by atoms with E-state index in [1.165, 1.54) is 0 Å². The molecule has 0 spiro atoms. The Balaban J connectivity index is 1.86. The summed E-state index contributed by atoms with van der Waals surface area (Å²) < 4.78 is 1.91. The standard InChI is InChI=1S/C18H19N3O2/c1-12-11-13(2)21-9-7-16(17(21)19-12)18(23)20-15-5-3-14(4-6-15)8-10-22/h3-7,9,11,22H,8,10H2,1-2H3,(H,20,23). The number of amides is 1. The van der Waals surface area contributed by atoms with E-state index in [1.807, 2.05) is 54.8 Å². The number of nitrogens with zero attached hydrogens (tertiary/aromatic N) is 2. The molecule has 5 heteroatoms. The lowest BCUT2D eigenvalue weighted by atomic mass is 10.1. The molecule has 2 N–H and O–H groups in total. The molecule has 5 nitrogen and oxygen atoms in total. The lowest BCUT2D eigenvalue weighted by Crippen LogP contribution is -2.12. The van der Waals surface area contributed by atoms with E-state index >= 15 is 0 Å². The molecule has 0 fully saturated rings. The van der Waals surface area contributed by atoms with Gasteiger partial charge in [0, 0.05) is 29.9 Å². The molecule has 118 valence electrons. The van der Waals surface area contributed by atoms with Crippen molar-refractivity contribution in [3.05, 3.63) is 65.1 Å². The van der Waals surface area contributed by atoms with Crippen LogP contribution >= 0.6 is 0 Å². The van der Waals surface area contributed by atoms with Crippen LogP contribution in [0.25, 0.3) is 5.65 Å². The van der Waals surface area contributed by atoms with Crippen molar-refractivity contribution in [3.8, 4) is 0 Å². The van der Waals surface area contributed by atoms with E-state index < -0.39 is 0 Å². The van der Waals surface area contributed by atoms with Gasteiger partial charge in [-0.3, -0.25) is 4.79 Å². The van der Waals surface area contributed by atoms with Crippen molar-refractivity contribution in [1.82, 2.24) is 9.38 Å². The molecule has 1 aromatic carbocycles. The molecule has 23 heavy (non-hydrogen) atoms. The number of carbonyl (C=O) groups excluding carboxylic acids is 1. The number of nitrogens with one attached hydrogen (secondary N) is 1. The van der Waals surface area contributed by atoms with Gasteiger partial charge in [0.1, 0.15) is 5.65 Å². The zero-order valence-corrected chi connectivity index (χ0v) is 13.2. The van der Waals surface area contributed by atoms with E-state index in [1.54, 1.807) is 6.07 Å². The summed E-state index contributed by atoms with van der Waals surface area (Å²) in [6.07, 6.45) is 2.47. The van der Waals surface area contributed by atoms with Crippen molar-refractivity contribution in [2.24, 2.45) is 0 Å². The van der Waals surface area contributed by atoms with Gasteiger partial charge in [0.05, 0.1) is 5.56 Å². The summed E-state index contributed by atoms with van der Waals surface area (Å²) in [5.74, 6) is -0.181. The third-order valence-electron chi connectivity index (χ3n) is 3.80. The van der Waals surface area contributed by atoms with Gasteiger partial charge in [0.25, 0.3) is 5.91 Å². The van der Waals surface area contributed by atoms with Crippen LogP contribution in [0.5, 0.6) is 0 Å². The van der Waals surface area contributed by atoms with Crippen molar-refractivity contribution in [2.45, 2.75) is 20.3 Å². The first-order valence-corrected chi connectivity index (χ1v) is 7.55. The zero-order chi connectivity index (χ0) is 16.4. The normalized spacial score (nSPS) is 10.9. The maximum Gasteiger partial charge on any atom is 0.259 e. The van der Waals surface area contributed by atoms with Crippen molar-refractivity contribution in [2.75, 3.05) is 11.9 Å². The van der Waals surface area contributed by atoms with E-state index in [2.05, 4.69) is 10.3 Å². The van der Waals surface area contributed by atoms with Gasteiger partial charge in [-0.15, -0.1) is 0 Å². The maximum absolute atomic E-state index is 12.5. The first-order chi connectivity index (χ1) is 11.1. The average molecular weight is 309 g/mol. The number of aryl methyl sites for hydroxylation is 2. The van der Waals surface area contributed by atoms with Gasteiger partial charge < -0.3 is 14.8 Å². The summed E-state index contributed by atoms with van der Waals surface area (Å²) in [6.45, 7) is 4.03. The van der Waals surface area contributed by atoms with Gasteiger partial charge in [0.15, 0.2) is 0 Å². The van der Waals surface area contributed by atoms with Crippen molar-refractivity contribution in [3.63, 3.8) is 0 Å². The number of aromatic nitrogens is 2. The van der Waals surface area contributed by atoms with Crippen molar-refractivity contribution < 1.29 is 9.90 Å². The van der Waals surface area contributed by atoms with Gasteiger partial charge in [-0.05, 0) is 50.1 Å². The molecule has 0 aliphatic rings. The first kappa shape index (κ1) is 15.2. The second kappa shape index (κ2) is 6.22. The second-order valence-electron chi connectivity index (χ2n) is 5.59. The maximum atomic E-state index is 12.5. The molecular weight excluding hydrogens is 290 g/mol. The topological polar surface area (TPSA) is 66.6 Å². The molecule has 2 aromatic heterocycles. The number of aliphatic hydroxyl groups excluding tert-OH is 1. The van der Waals surface area contributed by atoms with Gasteiger partial charge in [-0.25, -0.2) is 4.98 Å². The highest BCUT2D eigenvalue weighted by Crippen LogP contribution is 2.17. The minimum Gasteiger partial charge on any atom is -0.396 e. The van der Waals surface area contributed by atoms with E-state index in [-0.39, 0.29) is 12.5 Å². The second-order valence-corrected chi connectivity index (χ2v) is 5.59. The molecule has 0 bridgehead atoms. The molecule has 0 atom stereocenters. The molecule has 0 radical (unpaired) electrons. The van der Waals surface area contributed by atoms with Crippen LogP contribution in [0.1, 0.15) is 27.3 Å². The zero-order valence-electron chi connectivity index (χ0n) is 13.2. The number of rotatable bonds is 4. The summed E-state index contributed by atoms with van der Waals surface area (Å²) in [7, 11) is 0. The Kier molecular flexibility index (Phi) is 4.12. The third-order valence-corrected chi connectivity index (χ3v) is 3.80. The van der Waals surface area contributed by atoms with Gasteiger partial charge >= 0.3 is 0 Å². The number of aliphatic hydroxyl groups is 1. The average Bonchev–Trinajstić information content (AvgIpc) is 2.93.